The molecule has 0 aliphatic carbocycles. The Balaban J connectivity index is 0.00000261. The molecule has 3 rings (SSSR count). The standard InChI is InChI=1S/C20H26N6.HI/c1-21-20(25-14-16-7-6-11-22-19(16)26(2)3)23-12-10-15-13-24-18-9-5-4-8-17(15)18;/h4-9,11,13,24H,10,12,14H2,1-3H3,(H2,21,23,25);1H. The molecule has 3 aromatic rings. The number of guanidine groups is 1. The maximum atomic E-state index is 4.43. The molecule has 27 heavy (non-hydrogen) atoms. The molecule has 1 aromatic carbocycles. The third kappa shape index (κ3) is 5.35. The van der Waals surface area contributed by atoms with E-state index in [1.165, 1.54) is 16.5 Å². The lowest BCUT2D eigenvalue weighted by Gasteiger charge is -2.17. The van der Waals surface area contributed by atoms with Crippen LogP contribution in [0.15, 0.2) is 53.8 Å². The summed E-state index contributed by atoms with van der Waals surface area (Å²) >= 11 is 0. The molecule has 3 N–H and O–H groups in total. The summed E-state index contributed by atoms with van der Waals surface area (Å²) in [5.41, 5.74) is 3.63. The van der Waals surface area contributed by atoms with Crippen LogP contribution in [0.25, 0.3) is 10.9 Å². The number of aromatic nitrogens is 2. The average Bonchev–Trinajstić information content (AvgIpc) is 3.08. The summed E-state index contributed by atoms with van der Waals surface area (Å²) in [4.78, 5) is 14.1. The zero-order chi connectivity index (χ0) is 18.4. The first-order chi connectivity index (χ1) is 12.7. The zero-order valence-electron chi connectivity index (χ0n) is 16.0. The molecule has 0 unspecified atom stereocenters. The van der Waals surface area contributed by atoms with Gasteiger partial charge in [0.05, 0.1) is 0 Å². The van der Waals surface area contributed by atoms with Crippen LogP contribution in [0.5, 0.6) is 0 Å². The maximum Gasteiger partial charge on any atom is 0.191 e. The van der Waals surface area contributed by atoms with Gasteiger partial charge in [-0.25, -0.2) is 4.98 Å². The molecule has 0 aliphatic rings. The number of rotatable bonds is 6. The van der Waals surface area contributed by atoms with Gasteiger partial charge in [-0.3, -0.25) is 4.99 Å². The number of aromatic amines is 1. The third-order valence-electron chi connectivity index (χ3n) is 4.32. The van der Waals surface area contributed by atoms with Crippen molar-refractivity contribution in [3.8, 4) is 0 Å². The van der Waals surface area contributed by atoms with Crippen molar-refractivity contribution in [3.63, 3.8) is 0 Å². The van der Waals surface area contributed by atoms with Gasteiger partial charge in [0.15, 0.2) is 5.96 Å². The smallest absolute Gasteiger partial charge is 0.191 e. The highest BCUT2D eigenvalue weighted by Crippen LogP contribution is 2.17. The van der Waals surface area contributed by atoms with E-state index in [4.69, 9.17) is 0 Å². The van der Waals surface area contributed by atoms with E-state index in [1.54, 1.807) is 7.05 Å². The van der Waals surface area contributed by atoms with E-state index in [0.29, 0.717) is 6.54 Å². The van der Waals surface area contributed by atoms with Gasteiger partial charge in [0.25, 0.3) is 0 Å². The quantitative estimate of drug-likeness (QED) is 0.289. The number of H-pyrrole nitrogens is 1. The predicted molar refractivity (Wildman–Crippen MR) is 124 cm³/mol. The Kier molecular flexibility index (Phi) is 7.90. The lowest BCUT2D eigenvalue weighted by molar-refractivity contribution is 0.793. The molecular weight excluding hydrogens is 451 g/mol. The highest BCUT2D eigenvalue weighted by molar-refractivity contribution is 14.0. The van der Waals surface area contributed by atoms with Gasteiger partial charge in [-0.15, -0.1) is 24.0 Å². The molecule has 0 atom stereocenters. The number of anilines is 1. The minimum atomic E-state index is 0. The summed E-state index contributed by atoms with van der Waals surface area (Å²) in [6, 6.07) is 12.4. The number of benzene rings is 1. The minimum Gasteiger partial charge on any atom is -0.362 e. The average molecular weight is 478 g/mol. The molecule has 0 radical (unpaired) electrons. The van der Waals surface area contributed by atoms with E-state index >= 15 is 0 Å². The maximum absolute atomic E-state index is 4.43. The molecular formula is C20H27IN6. The van der Waals surface area contributed by atoms with Crippen LogP contribution in [0, 0.1) is 0 Å². The highest BCUT2D eigenvalue weighted by Gasteiger charge is 2.07. The normalized spacial score (nSPS) is 11.1. The number of aliphatic imine (C=N–C) groups is 1. The van der Waals surface area contributed by atoms with E-state index in [0.717, 1.165) is 30.3 Å². The Labute approximate surface area is 177 Å². The van der Waals surface area contributed by atoms with Gasteiger partial charge in [-0.05, 0) is 24.1 Å². The fraction of sp³-hybridized carbons (Fsp3) is 0.300. The van der Waals surface area contributed by atoms with Crippen LogP contribution in [-0.2, 0) is 13.0 Å². The Morgan fingerprint density at radius 1 is 1.11 bits per heavy atom. The lowest BCUT2D eigenvalue weighted by atomic mass is 10.1. The Morgan fingerprint density at radius 2 is 1.93 bits per heavy atom. The van der Waals surface area contributed by atoms with E-state index < -0.39 is 0 Å². The van der Waals surface area contributed by atoms with Gasteiger partial charge in [0.2, 0.25) is 0 Å². The fourth-order valence-electron chi connectivity index (χ4n) is 3.02. The van der Waals surface area contributed by atoms with Crippen molar-refractivity contribution in [1.29, 1.82) is 0 Å². The van der Waals surface area contributed by atoms with Crippen LogP contribution in [-0.4, -0.2) is 43.6 Å². The summed E-state index contributed by atoms with van der Waals surface area (Å²) in [7, 11) is 5.79. The van der Waals surface area contributed by atoms with Gasteiger partial charge in [0, 0.05) is 63.1 Å². The molecule has 0 aliphatic heterocycles. The molecule has 0 amide bonds. The molecule has 2 aromatic heterocycles. The van der Waals surface area contributed by atoms with Gasteiger partial charge in [-0.1, -0.05) is 24.3 Å². The SMILES string of the molecule is CN=C(NCCc1c[nH]c2ccccc12)NCc1cccnc1N(C)C.I. The lowest BCUT2D eigenvalue weighted by Crippen LogP contribution is -2.38. The molecule has 0 saturated carbocycles. The number of pyridine rings is 1. The molecule has 0 spiro atoms. The molecule has 0 saturated heterocycles. The van der Waals surface area contributed by atoms with Crippen LogP contribution in [0.2, 0.25) is 0 Å². The second-order valence-corrected chi connectivity index (χ2v) is 6.34. The van der Waals surface area contributed by atoms with Crippen molar-refractivity contribution in [2.75, 3.05) is 32.6 Å². The van der Waals surface area contributed by atoms with Crippen molar-refractivity contribution in [2.45, 2.75) is 13.0 Å². The summed E-state index contributed by atoms with van der Waals surface area (Å²) in [6.07, 6.45) is 4.83. The topological polar surface area (TPSA) is 68.3 Å². The van der Waals surface area contributed by atoms with E-state index in [-0.39, 0.29) is 24.0 Å². The minimum absolute atomic E-state index is 0. The highest BCUT2D eigenvalue weighted by atomic mass is 127. The molecule has 7 heteroatoms. The molecule has 6 nitrogen and oxygen atoms in total. The number of para-hydroxylation sites is 1. The summed E-state index contributed by atoms with van der Waals surface area (Å²) in [5, 5.41) is 8.03. The molecule has 2 heterocycles. The first kappa shape index (κ1) is 21.0. The fourth-order valence-corrected chi connectivity index (χ4v) is 3.02. The van der Waals surface area contributed by atoms with Crippen LogP contribution >= 0.6 is 24.0 Å². The third-order valence-corrected chi connectivity index (χ3v) is 4.32. The van der Waals surface area contributed by atoms with Crippen molar-refractivity contribution < 1.29 is 0 Å². The molecule has 0 fully saturated rings. The molecule has 144 valence electrons. The van der Waals surface area contributed by atoms with E-state index in [9.17, 15) is 0 Å². The van der Waals surface area contributed by atoms with Crippen molar-refractivity contribution in [3.05, 3.63) is 59.9 Å². The summed E-state index contributed by atoms with van der Waals surface area (Å²) < 4.78 is 0. The number of fused-ring (bicyclic) bond motifs is 1. The van der Waals surface area contributed by atoms with Gasteiger partial charge >= 0.3 is 0 Å². The molecule has 0 bridgehead atoms. The number of nitrogens with one attached hydrogen (secondary N) is 3. The van der Waals surface area contributed by atoms with E-state index in [1.807, 2.05) is 37.3 Å². The zero-order valence-corrected chi connectivity index (χ0v) is 18.3. The van der Waals surface area contributed by atoms with Crippen molar-refractivity contribution >= 4 is 46.7 Å². The van der Waals surface area contributed by atoms with Crippen LogP contribution in [0.4, 0.5) is 5.82 Å². The number of hydrogen-bond donors (Lipinski definition) is 3. The number of nitrogens with zero attached hydrogens (tertiary/aromatic N) is 3. The Hall–Kier alpha value is -2.29. The first-order valence-electron chi connectivity index (χ1n) is 8.79. The first-order valence-corrected chi connectivity index (χ1v) is 8.79. The monoisotopic (exact) mass is 478 g/mol. The van der Waals surface area contributed by atoms with Crippen LogP contribution in [0.1, 0.15) is 11.1 Å². The van der Waals surface area contributed by atoms with Gasteiger partial charge in [0.1, 0.15) is 5.82 Å². The largest absolute Gasteiger partial charge is 0.362 e. The van der Waals surface area contributed by atoms with Gasteiger partial charge in [-0.2, -0.15) is 0 Å². The second kappa shape index (κ2) is 10.1. The summed E-state index contributed by atoms with van der Waals surface area (Å²) in [6.45, 7) is 1.49. The Bertz CT molecular complexity index is 887. The summed E-state index contributed by atoms with van der Waals surface area (Å²) in [5.74, 6) is 1.76. The van der Waals surface area contributed by atoms with Crippen LogP contribution in [0.3, 0.4) is 0 Å². The van der Waals surface area contributed by atoms with Gasteiger partial charge < -0.3 is 20.5 Å². The number of halogens is 1. The van der Waals surface area contributed by atoms with Crippen molar-refractivity contribution in [2.24, 2.45) is 4.99 Å². The van der Waals surface area contributed by atoms with Crippen LogP contribution < -0.4 is 15.5 Å². The number of hydrogen-bond acceptors (Lipinski definition) is 3. The Morgan fingerprint density at radius 3 is 2.70 bits per heavy atom. The van der Waals surface area contributed by atoms with E-state index in [2.05, 4.69) is 56.1 Å². The van der Waals surface area contributed by atoms with Crippen molar-refractivity contribution in [1.82, 2.24) is 20.6 Å². The second-order valence-electron chi connectivity index (χ2n) is 6.34. The predicted octanol–water partition coefficient (Wildman–Crippen LogP) is 3.15.